The third-order valence-corrected chi connectivity index (χ3v) is 3.97. The number of benzene rings is 2. The fourth-order valence-electron chi connectivity index (χ4n) is 2.84. The van der Waals surface area contributed by atoms with Crippen molar-refractivity contribution in [2.45, 2.75) is 6.42 Å². The Balaban J connectivity index is 1.57. The van der Waals surface area contributed by atoms with Crippen LogP contribution in [0.2, 0.25) is 0 Å². The van der Waals surface area contributed by atoms with E-state index in [4.69, 9.17) is 0 Å². The van der Waals surface area contributed by atoms with Gasteiger partial charge >= 0.3 is 5.69 Å². The third-order valence-electron chi connectivity index (χ3n) is 3.97. The zero-order chi connectivity index (χ0) is 16.5. The van der Waals surface area contributed by atoms with Crippen LogP contribution in [-0.4, -0.2) is 26.8 Å². The molecule has 0 bridgehead atoms. The van der Waals surface area contributed by atoms with E-state index in [0.29, 0.717) is 17.7 Å². The number of nitrogens with zero attached hydrogens (tertiary/aromatic N) is 3. The van der Waals surface area contributed by atoms with Crippen molar-refractivity contribution in [2.75, 3.05) is 11.9 Å². The molecule has 4 aromatic rings. The number of hydrogen-bond donors (Lipinski definition) is 2. The summed E-state index contributed by atoms with van der Waals surface area (Å²) in [6.07, 6.45) is 2.70. The van der Waals surface area contributed by atoms with Crippen molar-refractivity contribution in [1.29, 1.82) is 0 Å². The highest BCUT2D eigenvalue weighted by atomic mass is 16.6. The van der Waals surface area contributed by atoms with E-state index in [0.717, 1.165) is 22.9 Å². The van der Waals surface area contributed by atoms with E-state index >= 15 is 0 Å². The Hall–Kier alpha value is -3.42. The Labute approximate surface area is 135 Å². The normalized spacial score (nSPS) is 11.2. The lowest BCUT2D eigenvalue weighted by Crippen LogP contribution is -2.07. The minimum atomic E-state index is -0.472. The van der Waals surface area contributed by atoms with Gasteiger partial charge in [0.1, 0.15) is 11.2 Å². The number of H-pyrrole nitrogens is 1. The second kappa shape index (κ2) is 5.65. The van der Waals surface area contributed by atoms with Crippen LogP contribution in [0.25, 0.3) is 21.9 Å². The second-order valence-corrected chi connectivity index (χ2v) is 5.39. The molecule has 120 valence electrons. The molecule has 0 saturated heterocycles. The molecular formula is C16H13N5O3. The first kappa shape index (κ1) is 14.2. The maximum Gasteiger partial charge on any atom is 0.323 e. The molecule has 2 aromatic heterocycles. The largest absolute Gasteiger partial charge is 0.379 e. The number of nitro benzene ring substituents is 1. The Morgan fingerprint density at radius 2 is 2.08 bits per heavy atom. The summed E-state index contributed by atoms with van der Waals surface area (Å²) in [6.45, 7) is 0.555. The smallest absolute Gasteiger partial charge is 0.323 e. The molecule has 0 aliphatic carbocycles. The number of anilines is 1. The van der Waals surface area contributed by atoms with E-state index < -0.39 is 4.92 Å². The topological polar surface area (TPSA) is 110 Å². The Bertz CT molecular complexity index is 1040. The summed E-state index contributed by atoms with van der Waals surface area (Å²) < 4.78 is 4.59. The number of rotatable bonds is 5. The monoisotopic (exact) mass is 323 g/mol. The number of hydrogen-bond acceptors (Lipinski definition) is 6. The van der Waals surface area contributed by atoms with Crippen molar-refractivity contribution in [1.82, 2.24) is 15.3 Å². The van der Waals surface area contributed by atoms with Gasteiger partial charge in [-0.3, -0.25) is 10.1 Å². The minimum absolute atomic E-state index is 0.118. The summed E-state index contributed by atoms with van der Waals surface area (Å²) in [7, 11) is 0. The molecule has 0 fully saturated rings. The molecule has 0 unspecified atom stereocenters. The van der Waals surface area contributed by atoms with E-state index in [1.54, 1.807) is 12.1 Å². The van der Waals surface area contributed by atoms with Gasteiger partial charge in [-0.25, -0.2) is 4.63 Å². The Morgan fingerprint density at radius 3 is 2.96 bits per heavy atom. The second-order valence-electron chi connectivity index (χ2n) is 5.39. The first-order valence-corrected chi connectivity index (χ1v) is 7.42. The van der Waals surface area contributed by atoms with E-state index in [1.165, 1.54) is 0 Å². The van der Waals surface area contributed by atoms with Crippen LogP contribution in [0.4, 0.5) is 11.4 Å². The number of nitrogens with one attached hydrogen (secondary N) is 2. The van der Waals surface area contributed by atoms with Crippen molar-refractivity contribution >= 4 is 33.3 Å². The quantitative estimate of drug-likeness (QED) is 0.431. The molecule has 2 aromatic carbocycles. The van der Waals surface area contributed by atoms with Crippen molar-refractivity contribution in [3.8, 4) is 0 Å². The van der Waals surface area contributed by atoms with Gasteiger partial charge in [0, 0.05) is 23.6 Å². The van der Waals surface area contributed by atoms with Gasteiger partial charge in [-0.2, -0.15) is 0 Å². The van der Waals surface area contributed by atoms with Crippen molar-refractivity contribution in [3.63, 3.8) is 0 Å². The van der Waals surface area contributed by atoms with Gasteiger partial charge in [0.15, 0.2) is 0 Å². The van der Waals surface area contributed by atoms with Gasteiger partial charge in [0.25, 0.3) is 0 Å². The Morgan fingerprint density at radius 1 is 1.21 bits per heavy atom. The first-order chi connectivity index (χ1) is 11.7. The van der Waals surface area contributed by atoms with Crippen LogP contribution in [0.3, 0.4) is 0 Å². The highest BCUT2D eigenvalue weighted by molar-refractivity contribution is 5.90. The average Bonchev–Trinajstić information content (AvgIpc) is 3.21. The lowest BCUT2D eigenvalue weighted by atomic mass is 10.1. The number of nitro groups is 1. The zero-order valence-corrected chi connectivity index (χ0v) is 12.5. The summed E-state index contributed by atoms with van der Waals surface area (Å²) in [5.41, 5.74) is 3.04. The molecule has 2 N–H and O–H groups in total. The van der Waals surface area contributed by atoms with Gasteiger partial charge in [0.2, 0.25) is 5.52 Å². The van der Waals surface area contributed by atoms with Crippen LogP contribution in [0.5, 0.6) is 0 Å². The standard InChI is InChI=1S/C16H13N5O3/c22-21(23)16-14(6-5-13-15(16)20-24-19-13)17-8-7-10-9-18-12-4-2-1-3-11(10)12/h1-6,9,17-18H,7-8H2. The highest BCUT2D eigenvalue weighted by Crippen LogP contribution is 2.31. The number of aromatic amines is 1. The predicted octanol–water partition coefficient (Wildman–Crippen LogP) is 3.27. The predicted molar refractivity (Wildman–Crippen MR) is 89.0 cm³/mol. The summed E-state index contributed by atoms with van der Waals surface area (Å²) in [5.74, 6) is 0. The molecule has 0 aliphatic heterocycles. The first-order valence-electron chi connectivity index (χ1n) is 7.42. The lowest BCUT2D eigenvalue weighted by Gasteiger charge is -2.06. The zero-order valence-electron chi connectivity index (χ0n) is 12.5. The molecule has 2 heterocycles. The highest BCUT2D eigenvalue weighted by Gasteiger charge is 2.22. The van der Waals surface area contributed by atoms with Crippen LogP contribution >= 0.6 is 0 Å². The van der Waals surface area contributed by atoms with Gasteiger partial charge in [-0.05, 0) is 40.5 Å². The summed E-state index contributed by atoms with van der Waals surface area (Å²) in [4.78, 5) is 14.1. The molecule has 24 heavy (non-hydrogen) atoms. The van der Waals surface area contributed by atoms with Crippen LogP contribution in [0.15, 0.2) is 47.2 Å². The number of para-hydroxylation sites is 1. The van der Waals surface area contributed by atoms with Gasteiger partial charge in [0.05, 0.1) is 4.92 Å². The SMILES string of the molecule is O=[N+]([O-])c1c(NCCc2c[nH]c3ccccc23)ccc2nonc12. The van der Waals surface area contributed by atoms with E-state index in [1.807, 2.05) is 24.4 Å². The molecule has 0 aliphatic rings. The summed E-state index contributed by atoms with van der Waals surface area (Å²) in [5, 5.41) is 22.9. The van der Waals surface area contributed by atoms with E-state index in [2.05, 4.69) is 31.3 Å². The molecular weight excluding hydrogens is 310 g/mol. The molecule has 8 heteroatoms. The average molecular weight is 323 g/mol. The van der Waals surface area contributed by atoms with E-state index in [-0.39, 0.29) is 11.2 Å². The van der Waals surface area contributed by atoms with Gasteiger partial charge in [-0.15, -0.1) is 0 Å². The molecule has 0 saturated carbocycles. The number of aromatic nitrogens is 3. The number of fused-ring (bicyclic) bond motifs is 2. The molecule has 0 radical (unpaired) electrons. The van der Waals surface area contributed by atoms with Gasteiger partial charge in [-0.1, -0.05) is 18.2 Å². The minimum Gasteiger partial charge on any atom is -0.379 e. The lowest BCUT2D eigenvalue weighted by molar-refractivity contribution is -0.382. The maximum absolute atomic E-state index is 11.4. The van der Waals surface area contributed by atoms with Gasteiger partial charge < -0.3 is 10.3 Å². The fraction of sp³-hybridized carbons (Fsp3) is 0.125. The van der Waals surface area contributed by atoms with Crippen LogP contribution in [-0.2, 0) is 6.42 Å². The van der Waals surface area contributed by atoms with Crippen LogP contribution in [0, 0.1) is 10.1 Å². The van der Waals surface area contributed by atoms with Crippen LogP contribution in [0.1, 0.15) is 5.56 Å². The Kier molecular flexibility index (Phi) is 3.34. The van der Waals surface area contributed by atoms with Crippen molar-refractivity contribution in [2.24, 2.45) is 0 Å². The third kappa shape index (κ3) is 2.34. The molecule has 0 spiro atoms. The molecule has 0 atom stereocenters. The van der Waals surface area contributed by atoms with Crippen molar-refractivity contribution < 1.29 is 9.55 Å². The van der Waals surface area contributed by atoms with E-state index in [9.17, 15) is 10.1 Å². The maximum atomic E-state index is 11.4. The van der Waals surface area contributed by atoms with Crippen molar-refractivity contribution in [3.05, 3.63) is 58.3 Å². The molecule has 8 nitrogen and oxygen atoms in total. The molecule has 0 amide bonds. The summed E-state index contributed by atoms with van der Waals surface area (Å²) >= 11 is 0. The summed E-state index contributed by atoms with van der Waals surface area (Å²) in [6, 6.07) is 11.3. The molecule has 4 rings (SSSR count). The fourth-order valence-corrected chi connectivity index (χ4v) is 2.84. The van der Waals surface area contributed by atoms with Crippen LogP contribution < -0.4 is 5.32 Å².